The zero-order valence-corrected chi connectivity index (χ0v) is 7.26. The quantitative estimate of drug-likeness (QED) is 0.442. The average molecular weight is 197 g/mol. The predicted molar refractivity (Wildman–Crippen MR) is 47.0 cm³/mol. The van der Waals surface area contributed by atoms with E-state index >= 15 is 0 Å². The molecule has 0 bridgehead atoms. The van der Waals surface area contributed by atoms with Crippen LogP contribution in [0.3, 0.4) is 0 Å². The van der Waals surface area contributed by atoms with Crippen molar-refractivity contribution in [2.75, 3.05) is 0 Å². The third kappa shape index (κ3) is 2.16. The van der Waals surface area contributed by atoms with Crippen molar-refractivity contribution in [2.24, 2.45) is 5.10 Å². The summed E-state index contributed by atoms with van der Waals surface area (Å²) in [5.41, 5.74) is 2.12. The van der Waals surface area contributed by atoms with Crippen LogP contribution in [-0.2, 0) is 0 Å². The third-order valence-electron chi connectivity index (χ3n) is 1.29. The lowest BCUT2D eigenvalue weighted by Crippen LogP contribution is -2.16. The molecule has 0 aromatic carbocycles. The van der Waals surface area contributed by atoms with Crippen LogP contribution in [-0.4, -0.2) is 17.0 Å². The van der Waals surface area contributed by atoms with E-state index in [1.807, 2.05) is 0 Å². The number of nitro groups is 1. The first kappa shape index (κ1) is 9.90. The number of rotatable bonds is 3. The summed E-state index contributed by atoms with van der Waals surface area (Å²) < 4.78 is 4.62. The molecule has 0 saturated carbocycles. The van der Waals surface area contributed by atoms with Gasteiger partial charge in [-0.1, -0.05) is 0 Å². The van der Waals surface area contributed by atoms with Crippen molar-refractivity contribution in [3.05, 3.63) is 28.0 Å². The lowest BCUT2D eigenvalue weighted by molar-refractivity contribution is -0.402. The van der Waals surface area contributed by atoms with E-state index in [-0.39, 0.29) is 5.76 Å². The Bertz CT molecular complexity index is 382. The Kier molecular flexibility index (Phi) is 2.95. The van der Waals surface area contributed by atoms with Gasteiger partial charge in [-0.05, 0) is 13.0 Å². The Morgan fingerprint density at radius 3 is 2.93 bits per heavy atom. The molecule has 1 rings (SSSR count). The third-order valence-corrected chi connectivity index (χ3v) is 1.29. The molecular formula is C7H7N3O4. The van der Waals surface area contributed by atoms with Crippen LogP contribution in [0.15, 0.2) is 21.7 Å². The summed E-state index contributed by atoms with van der Waals surface area (Å²) in [7, 11) is 0. The molecule has 1 aromatic rings. The second-order valence-corrected chi connectivity index (χ2v) is 2.22. The van der Waals surface area contributed by atoms with Gasteiger partial charge >= 0.3 is 11.8 Å². The average Bonchev–Trinajstić information content (AvgIpc) is 2.62. The van der Waals surface area contributed by atoms with Gasteiger partial charge in [0.25, 0.3) is 0 Å². The number of carbonyl (C=O) groups is 1. The minimum Gasteiger partial charge on any atom is -0.395 e. The van der Waals surface area contributed by atoms with Crippen LogP contribution < -0.4 is 5.43 Å². The number of amides is 1. The fourth-order valence-electron chi connectivity index (χ4n) is 0.726. The monoisotopic (exact) mass is 197 g/mol. The normalized spacial score (nSPS) is 10.4. The van der Waals surface area contributed by atoms with E-state index in [9.17, 15) is 14.9 Å². The first-order valence-corrected chi connectivity index (χ1v) is 3.67. The molecule has 0 radical (unpaired) electrons. The van der Waals surface area contributed by atoms with Crippen molar-refractivity contribution in [1.29, 1.82) is 0 Å². The molecule has 0 spiro atoms. The molecule has 1 aromatic heterocycles. The van der Waals surface area contributed by atoms with E-state index in [0.29, 0.717) is 0 Å². The van der Waals surface area contributed by atoms with Crippen molar-refractivity contribution in [2.45, 2.75) is 6.92 Å². The van der Waals surface area contributed by atoms with Crippen molar-refractivity contribution in [3.63, 3.8) is 0 Å². The number of hydrogen-bond acceptors (Lipinski definition) is 5. The molecule has 1 amide bonds. The van der Waals surface area contributed by atoms with Crippen LogP contribution in [0, 0.1) is 10.1 Å². The maximum Gasteiger partial charge on any atom is 0.433 e. The van der Waals surface area contributed by atoms with E-state index in [1.165, 1.54) is 12.3 Å². The lowest BCUT2D eigenvalue weighted by Gasteiger charge is -1.92. The van der Waals surface area contributed by atoms with Crippen LogP contribution in [0.2, 0.25) is 0 Å². The minimum absolute atomic E-state index is 0.151. The second-order valence-electron chi connectivity index (χ2n) is 2.22. The molecular weight excluding hydrogens is 190 g/mol. The van der Waals surface area contributed by atoms with Crippen LogP contribution in [0.5, 0.6) is 0 Å². The fraction of sp³-hybridized carbons (Fsp3) is 0.143. The number of nitrogens with zero attached hydrogens (tertiary/aromatic N) is 2. The van der Waals surface area contributed by atoms with Gasteiger partial charge in [0.1, 0.15) is 4.92 Å². The number of nitrogens with one attached hydrogen (secondary N) is 1. The minimum atomic E-state index is -0.722. The van der Waals surface area contributed by atoms with Crippen LogP contribution in [0.25, 0.3) is 0 Å². The zero-order valence-electron chi connectivity index (χ0n) is 7.26. The van der Waals surface area contributed by atoms with E-state index in [4.69, 9.17) is 0 Å². The van der Waals surface area contributed by atoms with Gasteiger partial charge in [0.15, 0.2) is 0 Å². The highest BCUT2D eigenvalue weighted by molar-refractivity contribution is 5.91. The number of carbonyl (C=O) groups excluding carboxylic acids is 1. The van der Waals surface area contributed by atoms with E-state index in [0.717, 1.165) is 6.07 Å². The molecule has 0 fully saturated rings. The molecule has 0 aliphatic heterocycles. The Morgan fingerprint density at radius 1 is 1.71 bits per heavy atom. The van der Waals surface area contributed by atoms with Crippen molar-refractivity contribution < 1.29 is 14.1 Å². The van der Waals surface area contributed by atoms with Gasteiger partial charge in [-0.25, -0.2) is 5.43 Å². The van der Waals surface area contributed by atoms with Crippen LogP contribution in [0.4, 0.5) is 5.88 Å². The maximum atomic E-state index is 11.1. The van der Waals surface area contributed by atoms with Crippen LogP contribution in [0.1, 0.15) is 17.5 Å². The molecule has 0 aliphatic carbocycles. The SMILES string of the molecule is CC=NNC(=O)c1ccc([N+](=O)[O-])o1. The van der Waals surface area contributed by atoms with Crippen LogP contribution >= 0.6 is 0 Å². The summed E-state index contributed by atoms with van der Waals surface area (Å²) >= 11 is 0. The highest BCUT2D eigenvalue weighted by Crippen LogP contribution is 2.15. The first-order chi connectivity index (χ1) is 6.65. The molecule has 74 valence electrons. The summed E-state index contributed by atoms with van der Waals surface area (Å²) in [5, 5.41) is 13.6. The molecule has 14 heavy (non-hydrogen) atoms. The molecule has 7 heteroatoms. The van der Waals surface area contributed by atoms with Gasteiger partial charge in [0.2, 0.25) is 5.76 Å². The van der Waals surface area contributed by atoms with Gasteiger partial charge in [-0.15, -0.1) is 0 Å². The molecule has 0 saturated heterocycles. The summed E-state index contributed by atoms with van der Waals surface area (Å²) in [5.74, 6) is -1.26. The predicted octanol–water partition coefficient (Wildman–Crippen LogP) is 0.923. The van der Waals surface area contributed by atoms with Crippen molar-refractivity contribution in [1.82, 2.24) is 5.43 Å². The summed E-state index contributed by atoms with van der Waals surface area (Å²) in [6.45, 7) is 1.62. The highest BCUT2D eigenvalue weighted by atomic mass is 16.6. The maximum absolute atomic E-state index is 11.1. The van der Waals surface area contributed by atoms with Crippen molar-refractivity contribution in [3.8, 4) is 0 Å². The zero-order chi connectivity index (χ0) is 10.6. The Balaban J connectivity index is 2.76. The van der Waals surface area contributed by atoms with Gasteiger partial charge < -0.3 is 4.42 Å². The molecule has 1 heterocycles. The van der Waals surface area contributed by atoms with Gasteiger partial charge in [0.05, 0.1) is 6.07 Å². The largest absolute Gasteiger partial charge is 0.433 e. The Morgan fingerprint density at radius 2 is 2.43 bits per heavy atom. The van der Waals surface area contributed by atoms with E-state index in [1.54, 1.807) is 6.92 Å². The van der Waals surface area contributed by atoms with E-state index in [2.05, 4.69) is 14.9 Å². The highest BCUT2D eigenvalue weighted by Gasteiger charge is 2.16. The molecule has 1 N–H and O–H groups in total. The second kappa shape index (κ2) is 4.17. The molecule has 0 atom stereocenters. The number of hydrogen-bond donors (Lipinski definition) is 1. The topological polar surface area (TPSA) is 97.7 Å². The van der Waals surface area contributed by atoms with Gasteiger partial charge in [0, 0.05) is 6.21 Å². The van der Waals surface area contributed by atoms with Gasteiger partial charge in [-0.2, -0.15) is 5.10 Å². The Hall–Kier alpha value is -2.18. The summed E-state index contributed by atoms with van der Waals surface area (Å²) in [6, 6.07) is 2.31. The van der Waals surface area contributed by atoms with E-state index < -0.39 is 16.7 Å². The van der Waals surface area contributed by atoms with Crippen molar-refractivity contribution >= 4 is 18.0 Å². The number of furan rings is 1. The molecule has 7 nitrogen and oxygen atoms in total. The Labute approximate surface area is 78.6 Å². The first-order valence-electron chi connectivity index (χ1n) is 3.67. The smallest absolute Gasteiger partial charge is 0.395 e. The standard InChI is InChI=1S/C7H7N3O4/c1-2-8-9-7(11)5-3-4-6(14-5)10(12)13/h2-4H,1H3,(H,9,11). The lowest BCUT2D eigenvalue weighted by atomic mass is 10.4. The van der Waals surface area contributed by atoms with Gasteiger partial charge in [-0.3, -0.25) is 14.9 Å². The fourth-order valence-corrected chi connectivity index (χ4v) is 0.726. The molecule has 0 aliphatic rings. The summed E-state index contributed by atoms with van der Waals surface area (Å²) in [4.78, 5) is 20.6. The number of hydrazone groups is 1. The summed E-state index contributed by atoms with van der Waals surface area (Å²) in [6.07, 6.45) is 1.37. The molecule has 0 unspecified atom stereocenters.